The third-order valence-electron chi connectivity index (χ3n) is 5.55. The summed E-state index contributed by atoms with van der Waals surface area (Å²) >= 11 is 0. The van der Waals surface area contributed by atoms with Gasteiger partial charge in [-0.15, -0.1) is 0 Å². The van der Waals surface area contributed by atoms with E-state index >= 15 is 0 Å². The van der Waals surface area contributed by atoms with Crippen LogP contribution in [0.2, 0.25) is 0 Å². The van der Waals surface area contributed by atoms with Crippen LogP contribution < -0.4 is 27.4 Å². The van der Waals surface area contributed by atoms with Crippen molar-refractivity contribution in [1.82, 2.24) is 16.0 Å². The molecule has 0 saturated carbocycles. The van der Waals surface area contributed by atoms with Gasteiger partial charge in [0.2, 0.25) is 17.7 Å². The smallest absolute Gasteiger partial charge is 0.326 e. The molecule has 0 aromatic heterocycles. The van der Waals surface area contributed by atoms with Gasteiger partial charge >= 0.3 is 11.9 Å². The molecule has 10 N–H and O–H groups in total. The minimum atomic E-state index is -1.37. The summed E-state index contributed by atoms with van der Waals surface area (Å²) in [6.45, 7) is 3.65. The van der Waals surface area contributed by atoms with Crippen molar-refractivity contribution in [3.63, 3.8) is 0 Å². The highest BCUT2D eigenvalue weighted by Crippen LogP contribution is 2.12. The number of unbranched alkanes of at least 4 members (excludes halogenated alkanes) is 1. The number of phenols is 1. The van der Waals surface area contributed by atoms with Crippen LogP contribution in [0.15, 0.2) is 24.3 Å². The lowest BCUT2D eigenvalue weighted by molar-refractivity contribution is -0.142. The van der Waals surface area contributed by atoms with Gasteiger partial charge in [0.1, 0.15) is 23.9 Å². The van der Waals surface area contributed by atoms with Crippen molar-refractivity contribution in [2.75, 3.05) is 6.54 Å². The first-order valence-electron chi connectivity index (χ1n) is 11.9. The molecule has 0 aliphatic heterocycles. The number of carbonyl (C=O) groups is 5. The van der Waals surface area contributed by atoms with Crippen LogP contribution in [0.25, 0.3) is 0 Å². The molecular formula is C24H37N5O8. The third-order valence-corrected chi connectivity index (χ3v) is 5.55. The lowest BCUT2D eigenvalue weighted by atomic mass is 10.0. The van der Waals surface area contributed by atoms with Gasteiger partial charge in [0.25, 0.3) is 0 Å². The molecule has 13 nitrogen and oxygen atoms in total. The summed E-state index contributed by atoms with van der Waals surface area (Å²) in [5.74, 6) is -5.25. The number of nitrogens with two attached hydrogens (primary N) is 2. The SMILES string of the molecule is CC(C)C(NC(=O)C(N)CC(=O)O)C(=O)NC(CCCCN)C(=O)NC(Cc1ccc(O)cc1)C(=O)O. The quantitative estimate of drug-likeness (QED) is 0.124. The highest BCUT2D eigenvalue weighted by Gasteiger charge is 2.32. The number of carbonyl (C=O) groups excluding carboxylic acids is 3. The van der Waals surface area contributed by atoms with Gasteiger partial charge < -0.3 is 42.7 Å². The molecule has 0 fully saturated rings. The monoisotopic (exact) mass is 523 g/mol. The Labute approximate surface area is 215 Å². The van der Waals surface area contributed by atoms with Crippen LogP contribution in [-0.4, -0.2) is 75.7 Å². The Balaban J connectivity index is 3.00. The molecule has 206 valence electrons. The van der Waals surface area contributed by atoms with Gasteiger partial charge in [-0.3, -0.25) is 19.2 Å². The van der Waals surface area contributed by atoms with Crippen molar-refractivity contribution in [3.8, 4) is 5.75 Å². The maximum atomic E-state index is 13.0. The molecule has 4 atom stereocenters. The summed E-state index contributed by atoms with van der Waals surface area (Å²) in [6, 6.07) is 0.942. The molecule has 0 saturated heterocycles. The van der Waals surface area contributed by atoms with E-state index in [9.17, 15) is 34.2 Å². The predicted octanol–water partition coefficient (Wildman–Crippen LogP) is -0.939. The van der Waals surface area contributed by atoms with Crippen LogP contribution in [0.1, 0.15) is 45.1 Å². The Hall–Kier alpha value is -3.71. The predicted molar refractivity (Wildman–Crippen MR) is 133 cm³/mol. The first kappa shape index (κ1) is 31.3. The first-order valence-corrected chi connectivity index (χ1v) is 11.9. The van der Waals surface area contributed by atoms with E-state index in [1.54, 1.807) is 13.8 Å². The second kappa shape index (κ2) is 15.4. The molecule has 4 unspecified atom stereocenters. The molecule has 1 aromatic rings. The average Bonchev–Trinajstić information content (AvgIpc) is 2.81. The summed E-state index contributed by atoms with van der Waals surface area (Å²) in [5, 5.41) is 35.3. The number of benzene rings is 1. The number of carboxylic acids is 2. The Morgan fingerprint density at radius 1 is 0.865 bits per heavy atom. The Kier molecular flexibility index (Phi) is 13.0. The standard InChI is InChI=1S/C24H37N5O8/c1-13(2)20(29-21(33)16(26)12-19(31)32)23(35)27-17(5-3-4-10-25)22(34)28-18(24(36)37)11-14-6-8-15(30)9-7-14/h6-9,13,16-18,20,30H,3-5,10-12,25-26H2,1-2H3,(H,27,35)(H,28,34)(H,29,33)(H,31,32)(H,36,37). The third kappa shape index (κ3) is 11.3. The number of nitrogens with one attached hydrogen (secondary N) is 3. The molecule has 0 bridgehead atoms. The minimum absolute atomic E-state index is 0.0121. The Morgan fingerprint density at radius 3 is 1.97 bits per heavy atom. The second-order valence-corrected chi connectivity index (χ2v) is 9.05. The lowest BCUT2D eigenvalue weighted by Crippen LogP contribution is -2.58. The maximum absolute atomic E-state index is 13.0. The second-order valence-electron chi connectivity index (χ2n) is 9.05. The van der Waals surface area contributed by atoms with E-state index in [1.165, 1.54) is 24.3 Å². The first-order chi connectivity index (χ1) is 17.3. The average molecular weight is 524 g/mol. The molecule has 0 heterocycles. The summed E-state index contributed by atoms with van der Waals surface area (Å²) < 4.78 is 0. The fraction of sp³-hybridized carbons (Fsp3) is 0.542. The number of hydrogen-bond acceptors (Lipinski definition) is 8. The van der Waals surface area contributed by atoms with E-state index in [4.69, 9.17) is 16.6 Å². The van der Waals surface area contributed by atoms with Gasteiger partial charge in [0, 0.05) is 6.42 Å². The lowest BCUT2D eigenvalue weighted by Gasteiger charge is -2.27. The zero-order valence-corrected chi connectivity index (χ0v) is 21.0. The minimum Gasteiger partial charge on any atom is -0.508 e. The summed E-state index contributed by atoms with van der Waals surface area (Å²) in [5.41, 5.74) is 11.7. The van der Waals surface area contributed by atoms with Gasteiger partial charge in [-0.2, -0.15) is 0 Å². The Bertz CT molecular complexity index is 938. The van der Waals surface area contributed by atoms with Gasteiger partial charge in [0.15, 0.2) is 0 Å². The van der Waals surface area contributed by atoms with Crippen molar-refractivity contribution in [3.05, 3.63) is 29.8 Å². The molecule has 0 spiro atoms. The van der Waals surface area contributed by atoms with E-state index in [-0.39, 0.29) is 18.6 Å². The number of aliphatic carboxylic acids is 2. The van der Waals surface area contributed by atoms with E-state index in [0.717, 1.165) is 0 Å². The fourth-order valence-electron chi connectivity index (χ4n) is 3.44. The maximum Gasteiger partial charge on any atom is 0.326 e. The molecule has 0 aliphatic carbocycles. The van der Waals surface area contributed by atoms with Gasteiger partial charge in [-0.25, -0.2) is 4.79 Å². The summed E-state index contributed by atoms with van der Waals surface area (Å²) in [6.07, 6.45) is 0.505. The highest BCUT2D eigenvalue weighted by molar-refractivity contribution is 5.94. The van der Waals surface area contributed by atoms with Crippen molar-refractivity contribution in [2.45, 2.75) is 70.1 Å². The van der Waals surface area contributed by atoms with Gasteiger partial charge in [-0.05, 0) is 49.4 Å². The summed E-state index contributed by atoms with van der Waals surface area (Å²) in [4.78, 5) is 61.0. The molecule has 1 rings (SSSR count). The Morgan fingerprint density at radius 2 is 1.46 bits per heavy atom. The molecular weight excluding hydrogens is 486 g/mol. The van der Waals surface area contributed by atoms with Crippen LogP contribution in [0, 0.1) is 5.92 Å². The van der Waals surface area contributed by atoms with E-state index in [0.29, 0.717) is 24.9 Å². The van der Waals surface area contributed by atoms with Crippen molar-refractivity contribution < 1.29 is 39.3 Å². The van der Waals surface area contributed by atoms with Crippen molar-refractivity contribution in [1.29, 1.82) is 0 Å². The largest absolute Gasteiger partial charge is 0.508 e. The van der Waals surface area contributed by atoms with E-state index in [2.05, 4.69) is 16.0 Å². The number of amides is 3. The molecule has 1 aromatic carbocycles. The van der Waals surface area contributed by atoms with Crippen LogP contribution in [0.5, 0.6) is 5.75 Å². The number of hydrogen-bond donors (Lipinski definition) is 8. The zero-order chi connectivity index (χ0) is 28.1. The number of rotatable bonds is 16. The number of carboxylic acid groups (broad SMARTS) is 2. The highest BCUT2D eigenvalue weighted by atomic mass is 16.4. The van der Waals surface area contributed by atoms with Crippen LogP contribution in [0.4, 0.5) is 0 Å². The zero-order valence-electron chi connectivity index (χ0n) is 21.0. The molecule has 0 radical (unpaired) electrons. The normalized spacial score (nSPS) is 14.2. The van der Waals surface area contributed by atoms with E-state index in [1.807, 2.05) is 0 Å². The van der Waals surface area contributed by atoms with Crippen LogP contribution >= 0.6 is 0 Å². The molecule has 37 heavy (non-hydrogen) atoms. The molecule has 0 aliphatic rings. The number of aromatic hydroxyl groups is 1. The van der Waals surface area contributed by atoms with E-state index < -0.39 is 66.2 Å². The molecule has 13 heteroatoms. The van der Waals surface area contributed by atoms with Crippen LogP contribution in [-0.2, 0) is 30.4 Å². The van der Waals surface area contributed by atoms with Gasteiger partial charge in [0.05, 0.1) is 12.5 Å². The van der Waals surface area contributed by atoms with Crippen molar-refractivity contribution in [2.24, 2.45) is 17.4 Å². The topological polar surface area (TPSA) is 234 Å². The fourth-order valence-corrected chi connectivity index (χ4v) is 3.44. The van der Waals surface area contributed by atoms with Gasteiger partial charge in [-0.1, -0.05) is 26.0 Å². The number of phenolic OH excluding ortho intramolecular Hbond substituents is 1. The molecule has 3 amide bonds. The van der Waals surface area contributed by atoms with Crippen LogP contribution in [0.3, 0.4) is 0 Å². The summed E-state index contributed by atoms with van der Waals surface area (Å²) in [7, 11) is 0. The van der Waals surface area contributed by atoms with Crippen molar-refractivity contribution >= 4 is 29.7 Å².